The predicted octanol–water partition coefficient (Wildman–Crippen LogP) is 4.19. The molecule has 4 aromatic heterocycles. The summed E-state index contributed by atoms with van der Waals surface area (Å²) in [6.07, 6.45) is 3.99. The summed E-state index contributed by atoms with van der Waals surface area (Å²) >= 11 is 0. The van der Waals surface area contributed by atoms with Gasteiger partial charge in [0.2, 0.25) is 5.95 Å². The number of alkyl halides is 2. The number of hydrogen-bond acceptors (Lipinski definition) is 6. The van der Waals surface area contributed by atoms with Crippen molar-refractivity contribution in [2.45, 2.75) is 26.8 Å². The van der Waals surface area contributed by atoms with Gasteiger partial charge in [0.25, 0.3) is 6.43 Å². The van der Waals surface area contributed by atoms with Gasteiger partial charge in [-0.05, 0) is 37.6 Å². The molecule has 31 heavy (non-hydrogen) atoms. The SMILES string of the molecule is Cc1cc2ncccc2cc1Nc1ncc2c(C)nn(-c3cnn(CC(F)F)c3)c2n1. The number of hydrogen-bond donors (Lipinski definition) is 1. The van der Waals surface area contributed by atoms with Crippen LogP contribution in [0.15, 0.2) is 49.1 Å². The number of rotatable bonds is 5. The highest BCUT2D eigenvalue weighted by atomic mass is 19.3. The highest BCUT2D eigenvalue weighted by Crippen LogP contribution is 2.26. The van der Waals surface area contributed by atoms with Crippen molar-refractivity contribution in [1.29, 1.82) is 0 Å². The highest BCUT2D eigenvalue weighted by molar-refractivity contribution is 5.85. The summed E-state index contributed by atoms with van der Waals surface area (Å²) in [7, 11) is 0. The molecule has 0 fully saturated rings. The maximum atomic E-state index is 12.7. The van der Waals surface area contributed by atoms with Crippen LogP contribution in [-0.4, -0.2) is 40.9 Å². The van der Waals surface area contributed by atoms with E-state index in [1.54, 1.807) is 17.1 Å². The van der Waals surface area contributed by atoms with Crippen LogP contribution in [-0.2, 0) is 6.54 Å². The topological polar surface area (TPSA) is 86.3 Å². The third-order valence-electron chi connectivity index (χ3n) is 4.99. The van der Waals surface area contributed by atoms with Gasteiger partial charge in [-0.3, -0.25) is 9.67 Å². The summed E-state index contributed by atoms with van der Waals surface area (Å²) in [4.78, 5) is 13.4. The Kier molecular flexibility index (Phi) is 4.54. The van der Waals surface area contributed by atoms with Gasteiger partial charge in [-0.15, -0.1) is 0 Å². The Morgan fingerprint density at radius 2 is 2.00 bits per heavy atom. The first-order chi connectivity index (χ1) is 15.0. The summed E-state index contributed by atoms with van der Waals surface area (Å²) in [5.74, 6) is 0.403. The number of fused-ring (bicyclic) bond motifs is 2. The maximum absolute atomic E-state index is 12.7. The van der Waals surface area contributed by atoms with Gasteiger partial charge in [0.15, 0.2) is 5.65 Å². The number of benzene rings is 1. The number of anilines is 2. The van der Waals surface area contributed by atoms with Crippen LogP contribution < -0.4 is 5.32 Å². The van der Waals surface area contributed by atoms with Crippen LogP contribution in [0.25, 0.3) is 27.6 Å². The molecule has 0 aliphatic rings. The Labute approximate surface area is 175 Å². The van der Waals surface area contributed by atoms with Gasteiger partial charge >= 0.3 is 0 Å². The first-order valence-corrected chi connectivity index (χ1v) is 9.64. The normalized spacial score (nSPS) is 11.6. The average molecular weight is 420 g/mol. The summed E-state index contributed by atoms with van der Waals surface area (Å²) < 4.78 is 28.1. The molecular weight excluding hydrogens is 402 g/mol. The Balaban J connectivity index is 1.53. The van der Waals surface area contributed by atoms with E-state index < -0.39 is 13.0 Å². The summed E-state index contributed by atoms with van der Waals surface area (Å²) in [5, 5.41) is 13.5. The van der Waals surface area contributed by atoms with Crippen LogP contribution in [0.4, 0.5) is 20.4 Å². The van der Waals surface area contributed by atoms with Crippen molar-refractivity contribution >= 4 is 33.6 Å². The number of nitrogens with zero attached hydrogens (tertiary/aromatic N) is 7. The van der Waals surface area contributed by atoms with Crippen molar-refractivity contribution in [1.82, 2.24) is 34.5 Å². The molecule has 5 rings (SSSR count). The Hall–Kier alpha value is -3.95. The molecule has 0 radical (unpaired) electrons. The lowest BCUT2D eigenvalue weighted by Gasteiger charge is -2.10. The summed E-state index contributed by atoms with van der Waals surface area (Å²) in [6, 6.07) is 7.89. The number of nitrogens with one attached hydrogen (secondary N) is 1. The molecule has 0 atom stereocenters. The number of pyridine rings is 1. The second kappa shape index (κ2) is 7.38. The number of halogens is 2. The molecule has 0 aliphatic carbocycles. The van der Waals surface area contributed by atoms with E-state index in [9.17, 15) is 8.78 Å². The van der Waals surface area contributed by atoms with Gasteiger partial charge in [0.05, 0.1) is 29.0 Å². The predicted molar refractivity (Wildman–Crippen MR) is 113 cm³/mol. The average Bonchev–Trinajstić information content (AvgIpc) is 3.32. The highest BCUT2D eigenvalue weighted by Gasteiger charge is 2.15. The minimum atomic E-state index is -2.48. The minimum Gasteiger partial charge on any atom is -0.324 e. The van der Waals surface area contributed by atoms with Crippen LogP contribution in [0, 0.1) is 13.8 Å². The van der Waals surface area contributed by atoms with Gasteiger partial charge in [-0.25, -0.2) is 18.4 Å². The zero-order valence-corrected chi connectivity index (χ0v) is 16.8. The smallest absolute Gasteiger partial charge is 0.257 e. The lowest BCUT2D eigenvalue weighted by molar-refractivity contribution is 0.122. The fourth-order valence-electron chi connectivity index (χ4n) is 3.46. The van der Waals surface area contributed by atoms with Gasteiger partial charge in [0, 0.05) is 23.5 Å². The summed E-state index contributed by atoms with van der Waals surface area (Å²) in [5.41, 5.74) is 4.64. The Morgan fingerprint density at radius 1 is 1.13 bits per heavy atom. The monoisotopic (exact) mass is 420 g/mol. The van der Waals surface area contributed by atoms with Crippen LogP contribution in [0.5, 0.6) is 0 Å². The lowest BCUT2D eigenvalue weighted by Crippen LogP contribution is -2.06. The maximum Gasteiger partial charge on any atom is 0.257 e. The van der Waals surface area contributed by atoms with Crippen molar-refractivity contribution in [3.8, 4) is 5.69 Å². The largest absolute Gasteiger partial charge is 0.324 e. The van der Waals surface area contributed by atoms with Crippen LogP contribution in [0.3, 0.4) is 0 Å². The molecule has 0 amide bonds. The van der Waals surface area contributed by atoms with E-state index in [1.165, 1.54) is 17.1 Å². The molecule has 0 spiro atoms. The van der Waals surface area contributed by atoms with Gasteiger partial charge in [0.1, 0.15) is 12.2 Å². The van der Waals surface area contributed by atoms with Crippen molar-refractivity contribution in [3.05, 3.63) is 60.3 Å². The first-order valence-electron chi connectivity index (χ1n) is 9.64. The molecule has 8 nitrogen and oxygen atoms in total. The minimum absolute atomic E-state index is 0.403. The summed E-state index contributed by atoms with van der Waals surface area (Å²) in [6.45, 7) is 3.36. The lowest BCUT2D eigenvalue weighted by atomic mass is 10.1. The fourth-order valence-corrected chi connectivity index (χ4v) is 3.46. The first kappa shape index (κ1) is 19.0. The van der Waals surface area contributed by atoms with Gasteiger partial charge in [-0.2, -0.15) is 15.2 Å². The van der Waals surface area contributed by atoms with Gasteiger partial charge in [-0.1, -0.05) is 6.07 Å². The molecule has 5 aromatic rings. The molecule has 1 aromatic carbocycles. The molecule has 10 heteroatoms. The molecule has 1 N–H and O–H groups in total. The second-order valence-corrected chi connectivity index (χ2v) is 7.23. The van der Waals surface area contributed by atoms with E-state index in [0.717, 1.165) is 33.2 Å². The number of aryl methyl sites for hydroxylation is 2. The van der Waals surface area contributed by atoms with E-state index in [1.807, 2.05) is 38.1 Å². The number of aromatic nitrogens is 7. The van der Waals surface area contributed by atoms with E-state index >= 15 is 0 Å². The van der Waals surface area contributed by atoms with Crippen molar-refractivity contribution in [2.24, 2.45) is 0 Å². The second-order valence-electron chi connectivity index (χ2n) is 7.23. The van der Waals surface area contributed by atoms with Crippen molar-refractivity contribution in [2.75, 3.05) is 5.32 Å². The van der Waals surface area contributed by atoms with Crippen LogP contribution >= 0.6 is 0 Å². The van der Waals surface area contributed by atoms with Crippen molar-refractivity contribution < 1.29 is 8.78 Å². The van der Waals surface area contributed by atoms with E-state index in [-0.39, 0.29) is 0 Å². The standard InChI is InChI=1S/C21H18F2N8/c1-12-6-18-14(4-3-5-24-18)7-17(12)27-21-25-9-16-13(2)29-31(20(16)28-21)15-8-26-30(10-15)11-19(22)23/h3-10,19H,11H2,1-2H3,(H,25,27,28). The molecule has 4 heterocycles. The Bertz CT molecular complexity index is 1410. The zero-order chi connectivity index (χ0) is 21.5. The molecule has 0 unspecified atom stereocenters. The molecule has 0 bridgehead atoms. The van der Waals surface area contributed by atoms with Gasteiger partial charge < -0.3 is 5.32 Å². The molecule has 0 aliphatic heterocycles. The van der Waals surface area contributed by atoms with E-state index in [4.69, 9.17) is 0 Å². The molecule has 0 saturated heterocycles. The molecule has 156 valence electrons. The molecule has 0 saturated carbocycles. The van der Waals surface area contributed by atoms with Crippen LogP contribution in [0.1, 0.15) is 11.3 Å². The fraction of sp³-hybridized carbons (Fsp3) is 0.190. The zero-order valence-electron chi connectivity index (χ0n) is 16.8. The van der Waals surface area contributed by atoms with E-state index in [2.05, 4.69) is 30.5 Å². The van der Waals surface area contributed by atoms with Crippen molar-refractivity contribution in [3.63, 3.8) is 0 Å². The van der Waals surface area contributed by atoms with E-state index in [0.29, 0.717) is 17.3 Å². The molecular formula is C21H18F2N8. The Morgan fingerprint density at radius 3 is 2.84 bits per heavy atom. The quantitative estimate of drug-likeness (QED) is 0.459. The van der Waals surface area contributed by atoms with Crippen LogP contribution in [0.2, 0.25) is 0 Å². The third kappa shape index (κ3) is 3.56. The third-order valence-corrected chi connectivity index (χ3v) is 4.99.